The van der Waals surface area contributed by atoms with Crippen molar-refractivity contribution in [3.05, 3.63) is 80.9 Å². The molecule has 1 aromatic heterocycles. The van der Waals surface area contributed by atoms with Crippen molar-refractivity contribution in [3.8, 4) is 17.1 Å². The van der Waals surface area contributed by atoms with Gasteiger partial charge in [0, 0.05) is 22.6 Å². The van der Waals surface area contributed by atoms with Crippen molar-refractivity contribution in [2.24, 2.45) is 0 Å². The van der Waals surface area contributed by atoms with Crippen LogP contribution in [0.4, 0.5) is 5.69 Å². The topological polar surface area (TPSA) is 82.6 Å². The average molecular weight is 379 g/mol. The summed E-state index contributed by atoms with van der Waals surface area (Å²) in [6.45, 7) is 0. The van der Waals surface area contributed by atoms with Gasteiger partial charge in [0.25, 0.3) is 5.69 Å². The molecule has 0 N–H and O–H groups in total. The number of carbonyl (C=O) groups excluding carboxylic acids is 1. The number of non-ortho nitro benzene ring substituents is 1. The minimum Gasteiger partial charge on any atom is -0.496 e. The van der Waals surface area contributed by atoms with Crippen LogP contribution in [0.3, 0.4) is 0 Å². The molecule has 0 amide bonds. The molecule has 27 heavy (non-hydrogen) atoms. The highest BCUT2D eigenvalue weighted by molar-refractivity contribution is 8.04. The SMILES string of the molecule is COc1ccc([N+](=O)[O-])cc1-c1ccc(/C=C2/Sc3ccccc3C2=O)o1. The predicted molar refractivity (Wildman–Crippen MR) is 102 cm³/mol. The number of rotatable bonds is 4. The smallest absolute Gasteiger partial charge is 0.270 e. The molecule has 1 aliphatic heterocycles. The van der Waals surface area contributed by atoms with E-state index >= 15 is 0 Å². The van der Waals surface area contributed by atoms with Crippen molar-refractivity contribution in [2.45, 2.75) is 4.90 Å². The number of nitro groups is 1. The molecule has 6 nitrogen and oxygen atoms in total. The third kappa shape index (κ3) is 3.13. The normalized spacial score (nSPS) is 14.4. The Bertz CT molecular complexity index is 1100. The van der Waals surface area contributed by atoms with E-state index in [1.54, 1.807) is 24.3 Å². The Morgan fingerprint density at radius 1 is 1.11 bits per heavy atom. The second kappa shape index (κ2) is 6.77. The number of nitrogens with zero attached hydrogens (tertiary/aromatic N) is 1. The number of thioether (sulfide) groups is 1. The summed E-state index contributed by atoms with van der Waals surface area (Å²) < 4.78 is 11.1. The fourth-order valence-electron chi connectivity index (χ4n) is 2.84. The van der Waals surface area contributed by atoms with Crippen LogP contribution in [0.2, 0.25) is 0 Å². The van der Waals surface area contributed by atoms with Gasteiger partial charge in [-0.05, 0) is 36.4 Å². The minimum absolute atomic E-state index is 0.0403. The third-order valence-electron chi connectivity index (χ3n) is 4.13. The Kier molecular flexibility index (Phi) is 4.29. The highest BCUT2D eigenvalue weighted by Crippen LogP contribution is 2.41. The molecule has 2 aromatic carbocycles. The van der Waals surface area contributed by atoms with E-state index in [-0.39, 0.29) is 11.5 Å². The number of furan rings is 1. The quantitative estimate of drug-likeness (QED) is 0.352. The van der Waals surface area contributed by atoms with Gasteiger partial charge in [-0.15, -0.1) is 0 Å². The van der Waals surface area contributed by atoms with Gasteiger partial charge in [-0.3, -0.25) is 14.9 Å². The molecule has 7 heteroatoms. The zero-order valence-corrected chi connectivity index (χ0v) is 15.0. The molecule has 1 aliphatic rings. The maximum atomic E-state index is 12.5. The summed E-state index contributed by atoms with van der Waals surface area (Å²) >= 11 is 1.40. The maximum absolute atomic E-state index is 12.5. The third-order valence-corrected chi connectivity index (χ3v) is 5.23. The fraction of sp³-hybridized carbons (Fsp3) is 0.0500. The zero-order chi connectivity index (χ0) is 19.0. The molecule has 0 saturated carbocycles. The minimum atomic E-state index is -0.472. The predicted octanol–water partition coefficient (Wildman–Crippen LogP) is 5.19. The van der Waals surface area contributed by atoms with E-state index in [0.717, 1.165) is 4.90 Å². The van der Waals surface area contributed by atoms with Crippen LogP contribution in [0.1, 0.15) is 16.1 Å². The van der Waals surface area contributed by atoms with E-state index in [2.05, 4.69) is 0 Å². The number of carbonyl (C=O) groups is 1. The van der Waals surface area contributed by atoms with Crippen LogP contribution < -0.4 is 4.74 Å². The number of ether oxygens (including phenoxy) is 1. The van der Waals surface area contributed by atoms with E-state index in [0.29, 0.717) is 33.3 Å². The Balaban J connectivity index is 1.68. The van der Waals surface area contributed by atoms with Gasteiger partial charge in [0.05, 0.1) is 22.5 Å². The van der Waals surface area contributed by atoms with Crippen LogP contribution >= 0.6 is 11.8 Å². The summed E-state index contributed by atoms with van der Waals surface area (Å²) in [5.41, 5.74) is 1.10. The van der Waals surface area contributed by atoms with Crippen molar-refractivity contribution < 1.29 is 18.9 Å². The van der Waals surface area contributed by atoms with Crippen LogP contribution in [-0.2, 0) is 0 Å². The van der Waals surface area contributed by atoms with Gasteiger partial charge in [-0.2, -0.15) is 0 Å². The number of nitro benzene ring substituents is 1. The van der Waals surface area contributed by atoms with Gasteiger partial charge in [0.15, 0.2) is 0 Å². The highest BCUT2D eigenvalue weighted by atomic mass is 32.2. The first-order valence-electron chi connectivity index (χ1n) is 8.03. The number of ketones is 1. The van der Waals surface area contributed by atoms with Crippen molar-refractivity contribution in [3.63, 3.8) is 0 Å². The summed E-state index contributed by atoms with van der Waals surface area (Å²) in [5, 5.41) is 11.0. The van der Waals surface area contributed by atoms with Crippen molar-refractivity contribution in [1.82, 2.24) is 0 Å². The molecule has 0 aliphatic carbocycles. The Morgan fingerprint density at radius 3 is 2.67 bits per heavy atom. The van der Waals surface area contributed by atoms with Crippen molar-refractivity contribution in [2.75, 3.05) is 7.11 Å². The lowest BCUT2D eigenvalue weighted by molar-refractivity contribution is -0.384. The Labute approximate surface area is 158 Å². The molecule has 0 bridgehead atoms. The molecular weight excluding hydrogens is 366 g/mol. The summed E-state index contributed by atoms with van der Waals surface area (Å²) in [4.78, 5) is 24.5. The average Bonchev–Trinajstić information content (AvgIpc) is 3.27. The second-order valence-corrected chi connectivity index (χ2v) is 6.86. The first-order chi connectivity index (χ1) is 13.1. The lowest BCUT2D eigenvalue weighted by Crippen LogP contribution is -1.93. The molecule has 4 rings (SSSR count). The molecule has 3 aromatic rings. The van der Waals surface area contributed by atoms with Crippen LogP contribution in [0.25, 0.3) is 17.4 Å². The Hall–Kier alpha value is -3.32. The molecule has 0 saturated heterocycles. The second-order valence-electron chi connectivity index (χ2n) is 5.78. The summed E-state index contributed by atoms with van der Waals surface area (Å²) in [6.07, 6.45) is 1.68. The standard InChI is InChI=1S/C20H13NO5S/c1-25-16-8-6-12(21(23)24)10-15(16)17-9-7-13(26-17)11-19-20(22)14-4-2-3-5-18(14)27-19/h2-11H,1H3/b19-11+. The first kappa shape index (κ1) is 17.1. The number of fused-ring (bicyclic) bond motifs is 1. The molecule has 0 unspecified atom stereocenters. The van der Waals surface area contributed by atoms with Gasteiger partial charge < -0.3 is 9.15 Å². The molecule has 0 atom stereocenters. The van der Waals surface area contributed by atoms with Crippen LogP contribution in [0.15, 0.2) is 68.8 Å². The van der Waals surface area contributed by atoms with Crippen LogP contribution in [-0.4, -0.2) is 17.8 Å². The summed E-state index contributed by atoms with van der Waals surface area (Å²) in [7, 11) is 1.49. The first-order valence-corrected chi connectivity index (χ1v) is 8.84. The maximum Gasteiger partial charge on any atom is 0.270 e. The summed E-state index contributed by atoms with van der Waals surface area (Å²) in [6, 6.07) is 15.2. The van der Waals surface area contributed by atoms with E-state index in [1.807, 2.05) is 18.2 Å². The highest BCUT2D eigenvalue weighted by Gasteiger charge is 2.25. The van der Waals surface area contributed by atoms with E-state index in [4.69, 9.17) is 9.15 Å². The van der Waals surface area contributed by atoms with Crippen molar-refractivity contribution in [1.29, 1.82) is 0 Å². The number of hydrogen-bond donors (Lipinski definition) is 0. The largest absolute Gasteiger partial charge is 0.496 e. The fourth-order valence-corrected chi connectivity index (χ4v) is 3.87. The Morgan fingerprint density at radius 2 is 1.93 bits per heavy atom. The van der Waals surface area contributed by atoms with Crippen LogP contribution in [0, 0.1) is 10.1 Å². The molecule has 0 spiro atoms. The van der Waals surface area contributed by atoms with Gasteiger partial charge >= 0.3 is 0 Å². The van der Waals surface area contributed by atoms with Gasteiger partial charge in [0.1, 0.15) is 17.3 Å². The molecule has 0 fully saturated rings. The number of allylic oxidation sites excluding steroid dienone is 1. The number of Topliss-reactive ketones (excluding diaryl/α,β-unsaturated/α-hetero) is 1. The lowest BCUT2D eigenvalue weighted by atomic mass is 10.1. The summed E-state index contributed by atoms with van der Waals surface area (Å²) in [5.74, 6) is 1.34. The van der Waals surface area contributed by atoms with Crippen molar-refractivity contribution >= 4 is 29.3 Å². The van der Waals surface area contributed by atoms with Gasteiger partial charge in [0.2, 0.25) is 5.78 Å². The molecular formula is C20H13NO5S. The van der Waals surface area contributed by atoms with Gasteiger partial charge in [-0.1, -0.05) is 23.9 Å². The number of benzene rings is 2. The van der Waals surface area contributed by atoms with Gasteiger partial charge in [-0.25, -0.2) is 0 Å². The lowest BCUT2D eigenvalue weighted by Gasteiger charge is -2.05. The van der Waals surface area contributed by atoms with E-state index in [9.17, 15) is 14.9 Å². The van der Waals surface area contributed by atoms with Crippen LogP contribution in [0.5, 0.6) is 5.75 Å². The molecule has 2 heterocycles. The number of methoxy groups -OCH3 is 1. The monoisotopic (exact) mass is 379 g/mol. The zero-order valence-electron chi connectivity index (χ0n) is 14.2. The molecule has 0 radical (unpaired) electrons. The number of hydrogen-bond acceptors (Lipinski definition) is 6. The van der Waals surface area contributed by atoms with E-state index in [1.165, 1.54) is 37.1 Å². The van der Waals surface area contributed by atoms with E-state index < -0.39 is 4.92 Å². The molecule has 134 valence electrons.